The molecule has 0 radical (unpaired) electrons. The Morgan fingerprint density at radius 2 is 1.87 bits per heavy atom. The first kappa shape index (κ1) is 14.6. The van der Waals surface area contributed by atoms with E-state index in [0.29, 0.717) is 6.42 Å². The molecule has 0 spiro atoms. The Morgan fingerprint density at radius 3 is 2.27 bits per heavy atom. The summed E-state index contributed by atoms with van der Waals surface area (Å²) in [6.07, 6.45) is 1.39. The fourth-order valence-electron chi connectivity index (χ4n) is 1.47. The van der Waals surface area contributed by atoms with Crippen molar-refractivity contribution >= 4 is 5.78 Å². The van der Waals surface area contributed by atoms with Gasteiger partial charge in [0, 0.05) is 12.5 Å². The van der Waals surface area contributed by atoms with Crippen LogP contribution in [0.3, 0.4) is 0 Å². The maximum absolute atomic E-state index is 11.4. The van der Waals surface area contributed by atoms with Gasteiger partial charge in [0.15, 0.2) is 5.78 Å². The molecule has 3 heteroatoms. The van der Waals surface area contributed by atoms with E-state index in [1.54, 1.807) is 0 Å². The summed E-state index contributed by atoms with van der Waals surface area (Å²) in [5.41, 5.74) is 6.07. The Hall–Kier alpha value is -0.410. The van der Waals surface area contributed by atoms with Crippen LogP contribution in [0.1, 0.15) is 47.5 Å². The highest BCUT2D eigenvalue weighted by atomic mass is 16.5. The SMILES string of the molecule is CC(C)OCC(=O)CC(N)CC(C)(C)C. The molecule has 0 bridgehead atoms. The number of ketones is 1. The number of carbonyl (C=O) groups excluding carboxylic acids is 1. The van der Waals surface area contributed by atoms with E-state index < -0.39 is 0 Å². The number of rotatable bonds is 6. The van der Waals surface area contributed by atoms with E-state index in [2.05, 4.69) is 20.8 Å². The van der Waals surface area contributed by atoms with Gasteiger partial charge in [0.1, 0.15) is 6.61 Å². The Kier molecular flexibility index (Phi) is 6.06. The topological polar surface area (TPSA) is 52.3 Å². The monoisotopic (exact) mass is 215 g/mol. The molecule has 3 nitrogen and oxygen atoms in total. The van der Waals surface area contributed by atoms with Crippen molar-refractivity contribution in [1.29, 1.82) is 0 Å². The van der Waals surface area contributed by atoms with Crippen molar-refractivity contribution in [2.24, 2.45) is 11.1 Å². The average molecular weight is 215 g/mol. The van der Waals surface area contributed by atoms with E-state index in [4.69, 9.17) is 10.5 Å². The van der Waals surface area contributed by atoms with Crippen LogP contribution in [0.4, 0.5) is 0 Å². The fraction of sp³-hybridized carbons (Fsp3) is 0.917. The molecule has 0 saturated heterocycles. The summed E-state index contributed by atoms with van der Waals surface area (Å²) < 4.78 is 5.23. The van der Waals surface area contributed by atoms with Crippen molar-refractivity contribution in [2.45, 2.75) is 59.6 Å². The molecule has 0 rings (SSSR count). The lowest BCUT2D eigenvalue weighted by molar-refractivity contribution is -0.125. The summed E-state index contributed by atoms with van der Waals surface area (Å²) in [4.78, 5) is 11.4. The molecule has 0 fully saturated rings. The highest BCUT2D eigenvalue weighted by Crippen LogP contribution is 2.21. The molecule has 15 heavy (non-hydrogen) atoms. The lowest BCUT2D eigenvalue weighted by Crippen LogP contribution is -2.30. The molecule has 0 aliphatic rings. The van der Waals surface area contributed by atoms with Crippen LogP contribution < -0.4 is 5.73 Å². The highest BCUT2D eigenvalue weighted by molar-refractivity contribution is 5.80. The fourth-order valence-corrected chi connectivity index (χ4v) is 1.47. The van der Waals surface area contributed by atoms with Gasteiger partial charge in [0.25, 0.3) is 0 Å². The minimum Gasteiger partial charge on any atom is -0.371 e. The summed E-state index contributed by atoms with van der Waals surface area (Å²) in [6.45, 7) is 10.4. The summed E-state index contributed by atoms with van der Waals surface area (Å²) in [5.74, 6) is 0.0976. The first-order valence-corrected chi connectivity index (χ1v) is 5.59. The van der Waals surface area contributed by atoms with Crippen molar-refractivity contribution in [3.63, 3.8) is 0 Å². The second-order valence-electron chi connectivity index (χ2n) is 5.63. The van der Waals surface area contributed by atoms with Crippen LogP contribution in [0.5, 0.6) is 0 Å². The standard InChI is InChI=1S/C12H25NO2/c1-9(2)15-8-11(14)6-10(13)7-12(3,4)5/h9-10H,6-8,13H2,1-5H3. The first-order valence-electron chi connectivity index (χ1n) is 5.59. The van der Waals surface area contributed by atoms with Crippen LogP contribution >= 0.6 is 0 Å². The van der Waals surface area contributed by atoms with Crippen LogP contribution in [-0.4, -0.2) is 24.5 Å². The Labute approximate surface area is 93.4 Å². The Balaban J connectivity index is 3.77. The largest absolute Gasteiger partial charge is 0.371 e. The van der Waals surface area contributed by atoms with E-state index in [0.717, 1.165) is 6.42 Å². The normalized spacial score (nSPS) is 14.3. The zero-order valence-electron chi connectivity index (χ0n) is 10.7. The molecular formula is C12H25NO2. The predicted molar refractivity (Wildman–Crippen MR) is 62.8 cm³/mol. The van der Waals surface area contributed by atoms with Crippen LogP contribution in [0.25, 0.3) is 0 Å². The van der Waals surface area contributed by atoms with Crippen molar-refractivity contribution in [1.82, 2.24) is 0 Å². The van der Waals surface area contributed by atoms with Crippen molar-refractivity contribution < 1.29 is 9.53 Å². The van der Waals surface area contributed by atoms with E-state index >= 15 is 0 Å². The number of ether oxygens (including phenoxy) is 1. The molecule has 0 amide bonds. The van der Waals surface area contributed by atoms with Crippen LogP contribution in [0.15, 0.2) is 0 Å². The maximum Gasteiger partial charge on any atom is 0.160 e. The minimum absolute atomic E-state index is 0.0479. The zero-order valence-corrected chi connectivity index (χ0v) is 10.7. The number of hydrogen-bond donors (Lipinski definition) is 1. The highest BCUT2D eigenvalue weighted by Gasteiger charge is 2.18. The van der Waals surface area contributed by atoms with Crippen molar-refractivity contribution in [2.75, 3.05) is 6.61 Å². The first-order chi connectivity index (χ1) is 6.70. The number of nitrogens with two attached hydrogens (primary N) is 1. The number of hydrogen-bond acceptors (Lipinski definition) is 3. The lowest BCUT2D eigenvalue weighted by atomic mass is 9.87. The molecule has 1 atom stereocenters. The van der Waals surface area contributed by atoms with Gasteiger partial charge in [-0.25, -0.2) is 0 Å². The second-order valence-corrected chi connectivity index (χ2v) is 5.63. The smallest absolute Gasteiger partial charge is 0.160 e. The molecule has 0 saturated carbocycles. The third kappa shape index (κ3) is 9.88. The van der Waals surface area contributed by atoms with Crippen LogP contribution in [-0.2, 0) is 9.53 Å². The van der Waals surface area contributed by atoms with Gasteiger partial charge in [-0.2, -0.15) is 0 Å². The van der Waals surface area contributed by atoms with Gasteiger partial charge in [-0.3, -0.25) is 4.79 Å². The molecule has 0 heterocycles. The third-order valence-corrected chi connectivity index (χ3v) is 1.94. The number of Topliss-reactive ketones (excluding diaryl/α,β-unsaturated/α-hetero) is 1. The molecule has 0 aliphatic carbocycles. The lowest BCUT2D eigenvalue weighted by Gasteiger charge is -2.22. The molecule has 0 aromatic rings. The average Bonchev–Trinajstić information content (AvgIpc) is 1.96. The van der Waals surface area contributed by atoms with E-state index in [-0.39, 0.29) is 30.0 Å². The van der Waals surface area contributed by atoms with Gasteiger partial charge in [0.05, 0.1) is 6.10 Å². The van der Waals surface area contributed by atoms with Gasteiger partial charge < -0.3 is 10.5 Å². The maximum atomic E-state index is 11.4. The quantitative estimate of drug-likeness (QED) is 0.738. The summed E-state index contributed by atoms with van der Waals surface area (Å²) in [5, 5.41) is 0. The van der Waals surface area contributed by atoms with E-state index in [9.17, 15) is 4.79 Å². The molecule has 0 aromatic heterocycles. The van der Waals surface area contributed by atoms with E-state index in [1.807, 2.05) is 13.8 Å². The minimum atomic E-state index is -0.0479. The molecule has 1 unspecified atom stereocenters. The van der Waals surface area contributed by atoms with Gasteiger partial charge in [0.2, 0.25) is 0 Å². The molecule has 2 N–H and O–H groups in total. The van der Waals surface area contributed by atoms with E-state index in [1.165, 1.54) is 0 Å². The summed E-state index contributed by atoms with van der Waals surface area (Å²) in [6, 6.07) is -0.0479. The summed E-state index contributed by atoms with van der Waals surface area (Å²) in [7, 11) is 0. The predicted octanol–water partition coefficient (Wildman–Crippen LogP) is 2.13. The van der Waals surface area contributed by atoms with Crippen LogP contribution in [0.2, 0.25) is 0 Å². The second kappa shape index (κ2) is 6.23. The van der Waals surface area contributed by atoms with Crippen molar-refractivity contribution in [3.05, 3.63) is 0 Å². The zero-order chi connectivity index (χ0) is 12.1. The Morgan fingerprint density at radius 1 is 1.33 bits per heavy atom. The molecular weight excluding hydrogens is 190 g/mol. The molecule has 90 valence electrons. The number of carbonyl (C=O) groups is 1. The molecule has 0 aliphatic heterocycles. The van der Waals surface area contributed by atoms with Gasteiger partial charge in [-0.15, -0.1) is 0 Å². The van der Waals surface area contributed by atoms with Gasteiger partial charge in [-0.05, 0) is 25.7 Å². The summed E-state index contributed by atoms with van der Waals surface area (Å²) >= 11 is 0. The van der Waals surface area contributed by atoms with Crippen LogP contribution in [0, 0.1) is 5.41 Å². The van der Waals surface area contributed by atoms with Gasteiger partial charge in [-0.1, -0.05) is 20.8 Å². The Bertz CT molecular complexity index is 194. The van der Waals surface area contributed by atoms with Crippen molar-refractivity contribution in [3.8, 4) is 0 Å². The van der Waals surface area contributed by atoms with Gasteiger partial charge >= 0.3 is 0 Å². The third-order valence-electron chi connectivity index (χ3n) is 1.94. The molecule has 0 aromatic carbocycles.